The van der Waals surface area contributed by atoms with Gasteiger partial charge in [-0.05, 0) is 18.6 Å². The van der Waals surface area contributed by atoms with Gasteiger partial charge in [0.25, 0.3) is 0 Å². The molecule has 0 aliphatic carbocycles. The van der Waals surface area contributed by atoms with Crippen LogP contribution < -0.4 is 5.32 Å². The first-order valence-electron chi connectivity index (χ1n) is 5.80. The highest BCUT2D eigenvalue weighted by Gasteiger charge is 2.03. The minimum Gasteiger partial charge on any atom is -0.384 e. The molecule has 0 atom stereocenters. The fourth-order valence-electron chi connectivity index (χ4n) is 1.37. The molecule has 1 amide bonds. The third kappa shape index (κ3) is 5.00. The van der Waals surface area contributed by atoms with Crippen LogP contribution in [0.4, 0.5) is 0 Å². The Morgan fingerprint density at radius 1 is 1.44 bits per heavy atom. The molecule has 0 unspecified atom stereocenters. The molecule has 4 heteroatoms. The van der Waals surface area contributed by atoms with Crippen LogP contribution in [0.25, 0.3) is 0 Å². The molecule has 0 heterocycles. The quantitative estimate of drug-likeness (QED) is 0.752. The molecule has 0 saturated heterocycles. The van der Waals surface area contributed by atoms with Gasteiger partial charge in [0.1, 0.15) is 13.2 Å². The Balaban J connectivity index is 2.58. The van der Waals surface area contributed by atoms with E-state index in [2.05, 4.69) is 17.2 Å². The van der Waals surface area contributed by atoms with Crippen molar-refractivity contribution in [3.05, 3.63) is 35.4 Å². The summed E-state index contributed by atoms with van der Waals surface area (Å²) >= 11 is 0. The van der Waals surface area contributed by atoms with Crippen molar-refractivity contribution in [2.45, 2.75) is 13.5 Å². The Kier molecular flexibility index (Phi) is 6.55. The summed E-state index contributed by atoms with van der Waals surface area (Å²) in [5.74, 6) is 5.29. The normalized spacial score (nSPS) is 9.44. The average molecular weight is 247 g/mol. The van der Waals surface area contributed by atoms with E-state index in [0.717, 1.165) is 11.1 Å². The predicted molar refractivity (Wildman–Crippen MR) is 68.7 cm³/mol. The van der Waals surface area contributed by atoms with E-state index in [1.807, 2.05) is 31.2 Å². The summed E-state index contributed by atoms with van der Waals surface area (Å²) < 4.78 is 5.01. The molecule has 18 heavy (non-hydrogen) atoms. The number of rotatable bonds is 5. The second-order valence-electron chi connectivity index (χ2n) is 3.53. The fourth-order valence-corrected chi connectivity index (χ4v) is 1.37. The number of aliphatic hydroxyl groups is 1. The van der Waals surface area contributed by atoms with Gasteiger partial charge in [-0.1, -0.05) is 30.0 Å². The molecule has 0 aliphatic heterocycles. The Hall–Kier alpha value is -1.83. The van der Waals surface area contributed by atoms with E-state index < -0.39 is 0 Å². The molecule has 1 aromatic rings. The van der Waals surface area contributed by atoms with E-state index >= 15 is 0 Å². The van der Waals surface area contributed by atoms with Gasteiger partial charge in [0.15, 0.2) is 0 Å². The third-order valence-corrected chi connectivity index (χ3v) is 2.23. The Morgan fingerprint density at radius 2 is 2.22 bits per heavy atom. The summed E-state index contributed by atoms with van der Waals surface area (Å²) in [6.07, 6.45) is 0. The lowest BCUT2D eigenvalue weighted by Gasteiger charge is -2.07. The van der Waals surface area contributed by atoms with E-state index in [1.54, 1.807) is 0 Å². The SMILES string of the molecule is CCOCC(=O)NCc1ccccc1C#CCO. The van der Waals surface area contributed by atoms with Crippen molar-refractivity contribution < 1.29 is 14.6 Å². The highest BCUT2D eigenvalue weighted by Crippen LogP contribution is 2.06. The summed E-state index contributed by atoms with van der Waals surface area (Å²) in [4.78, 5) is 11.4. The fraction of sp³-hybridized carbons (Fsp3) is 0.357. The molecule has 0 radical (unpaired) electrons. The van der Waals surface area contributed by atoms with Crippen LogP contribution in [0.2, 0.25) is 0 Å². The van der Waals surface area contributed by atoms with Crippen LogP contribution >= 0.6 is 0 Å². The summed E-state index contributed by atoms with van der Waals surface area (Å²) in [6.45, 7) is 2.66. The number of benzene rings is 1. The van der Waals surface area contributed by atoms with Gasteiger partial charge in [-0.25, -0.2) is 0 Å². The Morgan fingerprint density at radius 3 is 2.94 bits per heavy atom. The molecular weight excluding hydrogens is 230 g/mol. The third-order valence-electron chi connectivity index (χ3n) is 2.23. The zero-order valence-corrected chi connectivity index (χ0v) is 10.4. The average Bonchev–Trinajstić information content (AvgIpc) is 2.41. The van der Waals surface area contributed by atoms with Gasteiger partial charge in [0.2, 0.25) is 5.91 Å². The molecule has 0 aromatic heterocycles. The molecule has 0 bridgehead atoms. The number of ether oxygens (including phenoxy) is 1. The lowest BCUT2D eigenvalue weighted by molar-refractivity contribution is -0.125. The number of aliphatic hydroxyl groups excluding tert-OH is 1. The number of carbonyl (C=O) groups excluding carboxylic acids is 1. The monoisotopic (exact) mass is 247 g/mol. The van der Waals surface area contributed by atoms with Gasteiger partial charge >= 0.3 is 0 Å². The second-order valence-corrected chi connectivity index (χ2v) is 3.53. The number of hydrogen-bond donors (Lipinski definition) is 2. The lowest BCUT2D eigenvalue weighted by atomic mass is 10.1. The maximum absolute atomic E-state index is 11.4. The van der Waals surface area contributed by atoms with E-state index in [0.29, 0.717) is 13.2 Å². The molecule has 0 fully saturated rings. The van der Waals surface area contributed by atoms with Crippen LogP contribution in [0.1, 0.15) is 18.1 Å². The summed E-state index contributed by atoms with van der Waals surface area (Å²) in [5.41, 5.74) is 1.73. The summed E-state index contributed by atoms with van der Waals surface area (Å²) in [6, 6.07) is 7.50. The number of nitrogens with one attached hydrogen (secondary N) is 1. The van der Waals surface area contributed by atoms with Crippen LogP contribution in [-0.2, 0) is 16.1 Å². The second kappa shape index (κ2) is 8.29. The zero-order valence-electron chi connectivity index (χ0n) is 10.4. The molecule has 1 rings (SSSR count). The van der Waals surface area contributed by atoms with E-state index in [4.69, 9.17) is 9.84 Å². The van der Waals surface area contributed by atoms with E-state index in [9.17, 15) is 4.79 Å². The molecule has 0 aliphatic rings. The first-order valence-corrected chi connectivity index (χ1v) is 5.80. The Bertz CT molecular complexity index is 446. The standard InChI is InChI=1S/C14H17NO3/c1-2-18-11-14(17)15-10-13-7-4-3-6-12(13)8-5-9-16/h3-4,6-7,16H,2,9-11H2,1H3,(H,15,17). The highest BCUT2D eigenvalue weighted by atomic mass is 16.5. The van der Waals surface area contributed by atoms with Crippen molar-refractivity contribution in [1.82, 2.24) is 5.32 Å². The van der Waals surface area contributed by atoms with Crippen molar-refractivity contribution in [2.75, 3.05) is 19.8 Å². The smallest absolute Gasteiger partial charge is 0.246 e. The first-order chi connectivity index (χ1) is 8.77. The molecule has 1 aromatic carbocycles. The predicted octanol–water partition coefficient (Wildman–Crippen LogP) is 0.683. The van der Waals surface area contributed by atoms with Gasteiger partial charge in [-0.3, -0.25) is 4.79 Å². The van der Waals surface area contributed by atoms with E-state index in [-0.39, 0.29) is 19.1 Å². The van der Waals surface area contributed by atoms with Crippen molar-refractivity contribution in [3.63, 3.8) is 0 Å². The molecule has 0 saturated carbocycles. The van der Waals surface area contributed by atoms with Gasteiger partial charge < -0.3 is 15.2 Å². The summed E-state index contributed by atoms with van der Waals surface area (Å²) in [7, 11) is 0. The maximum atomic E-state index is 11.4. The van der Waals surface area contributed by atoms with E-state index in [1.165, 1.54) is 0 Å². The molecule has 96 valence electrons. The molecular formula is C14H17NO3. The van der Waals surface area contributed by atoms with Crippen LogP contribution in [0.5, 0.6) is 0 Å². The summed E-state index contributed by atoms with van der Waals surface area (Å²) in [5, 5.41) is 11.4. The topological polar surface area (TPSA) is 58.6 Å². The van der Waals surface area contributed by atoms with Crippen molar-refractivity contribution in [2.24, 2.45) is 0 Å². The van der Waals surface area contributed by atoms with Gasteiger partial charge in [-0.2, -0.15) is 0 Å². The maximum Gasteiger partial charge on any atom is 0.246 e. The van der Waals surface area contributed by atoms with Crippen LogP contribution in [0.15, 0.2) is 24.3 Å². The van der Waals surface area contributed by atoms with Crippen LogP contribution in [0, 0.1) is 11.8 Å². The minimum atomic E-state index is -0.176. The number of carbonyl (C=O) groups is 1. The molecule has 4 nitrogen and oxygen atoms in total. The molecule has 2 N–H and O–H groups in total. The largest absolute Gasteiger partial charge is 0.384 e. The minimum absolute atomic E-state index is 0.0704. The van der Waals surface area contributed by atoms with Crippen molar-refractivity contribution >= 4 is 5.91 Å². The van der Waals surface area contributed by atoms with Gasteiger partial charge in [0.05, 0.1) is 0 Å². The van der Waals surface area contributed by atoms with Crippen molar-refractivity contribution in [3.8, 4) is 11.8 Å². The van der Waals surface area contributed by atoms with Gasteiger partial charge in [0, 0.05) is 18.7 Å². The van der Waals surface area contributed by atoms with Crippen LogP contribution in [0.3, 0.4) is 0 Å². The highest BCUT2D eigenvalue weighted by molar-refractivity contribution is 5.77. The zero-order chi connectivity index (χ0) is 13.2. The Labute approximate surface area is 107 Å². The van der Waals surface area contributed by atoms with Gasteiger partial charge in [-0.15, -0.1) is 0 Å². The lowest BCUT2D eigenvalue weighted by Crippen LogP contribution is -2.27. The number of amides is 1. The molecule has 0 spiro atoms. The first kappa shape index (κ1) is 14.2. The van der Waals surface area contributed by atoms with Crippen molar-refractivity contribution in [1.29, 1.82) is 0 Å². The van der Waals surface area contributed by atoms with Crippen LogP contribution in [-0.4, -0.2) is 30.8 Å². The number of hydrogen-bond acceptors (Lipinski definition) is 3.